The Balaban J connectivity index is 2.11. The molecule has 0 unspecified atom stereocenters. The summed E-state index contributed by atoms with van der Waals surface area (Å²) in [5.41, 5.74) is 1.05. The van der Waals surface area contributed by atoms with Gasteiger partial charge in [0.05, 0.1) is 23.1 Å². The van der Waals surface area contributed by atoms with Crippen molar-refractivity contribution in [3.8, 4) is 11.8 Å². The van der Waals surface area contributed by atoms with E-state index in [0.717, 1.165) is 35.4 Å². The van der Waals surface area contributed by atoms with E-state index in [2.05, 4.69) is 41.1 Å². The van der Waals surface area contributed by atoms with Gasteiger partial charge in [-0.1, -0.05) is 19.4 Å². The number of methoxy groups -OCH3 is 1. The van der Waals surface area contributed by atoms with Crippen LogP contribution in [0, 0.1) is 22.7 Å². The van der Waals surface area contributed by atoms with Gasteiger partial charge in [0.25, 0.3) is 0 Å². The Bertz CT molecular complexity index is 498. The molecule has 1 aliphatic carbocycles. The van der Waals surface area contributed by atoms with E-state index in [9.17, 15) is 5.26 Å². The van der Waals surface area contributed by atoms with Crippen molar-refractivity contribution >= 4 is 15.9 Å². The van der Waals surface area contributed by atoms with E-state index in [0.29, 0.717) is 0 Å². The smallest absolute Gasteiger partial charge is 0.133 e. The third-order valence-electron chi connectivity index (χ3n) is 4.64. The zero-order valence-electron chi connectivity index (χ0n) is 12.3. The summed E-state index contributed by atoms with van der Waals surface area (Å²) in [5.74, 6) is 1.66. The van der Waals surface area contributed by atoms with E-state index in [1.165, 1.54) is 24.8 Å². The number of ether oxygens (including phenoxy) is 1. The molecule has 0 N–H and O–H groups in total. The summed E-state index contributed by atoms with van der Waals surface area (Å²) in [4.78, 5) is 0. The predicted molar refractivity (Wildman–Crippen MR) is 84.7 cm³/mol. The molecule has 1 aromatic carbocycles. The van der Waals surface area contributed by atoms with Gasteiger partial charge in [0.1, 0.15) is 5.75 Å². The van der Waals surface area contributed by atoms with Crippen molar-refractivity contribution in [2.45, 2.75) is 45.4 Å². The lowest BCUT2D eigenvalue weighted by atomic mass is 9.68. The highest BCUT2D eigenvalue weighted by atomic mass is 79.9. The standard InChI is InChI=1S/C17H22BrNO/c1-3-13-6-8-17(12-19,9-7-13)11-14-4-5-16(20-2)15(18)10-14/h4-5,10,13H,3,6-9,11H2,1-2H3. The molecule has 1 saturated carbocycles. The summed E-state index contributed by atoms with van der Waals surface area (Å²) in [5, 5.41) is 9.65. The second-order valence-corrected chi connectivity index (χ2v) is 6.74. The summed E-state index contributed by atoms with van der Waals surface area (Å²) in [6, 6.07) is 8.75. The molecule has 1 aliphatic rings. The first-order valence-corrected chi connectivity index (χ1v) is 8.15. The molecule has 2 rings (SSSR count). The van der Waals surface area contributed by atoms with Crippen LogP contribution >= 0.6 is 15.9 Å². The Morgan fingerprint density at radius 3 is 2.60 bits per heavy atom. The lowest BCUT2D eigenvalue weighted by Crippen LogP contribution is -2.28. The van der Waals surface area contributed by atoms with Crippen molar-refractivity contribution in [3.63, 3.8) is 0 Å². The van der Waals surface area contributed by atoms with E-state index < -0.39 is 0 Å². The Labute approximate surface area is 130 Å². The van der Waals surface area contributed by atoms with E-state index in [-0.39, 0.29) is 5.41 Å². The average Bonchev–Trinajstić information content (AvgIpc) is 2.48. The monoisotopic (exact) mass is 335 g/mol. The zero-order valence-corrected chi connectivity index (χ0v) is 13.9. The molecule has 0 saturated heterocycles. The van der Waals surface area contributed by atoms with E-state index in [1.54, 1.807) is 7.11 Å². The fourth-order valence-corrected chi connectivity index (χ4v) is 3.77. The van der Waals surface area contributed by atoms with Gasteiger partial charge in [-0.2, -0.15) is 5.26 Å². The minimum absolute atomic E-state index is 0.167. The van der Waals surface area contributed by atoms with E-state index in [1.807, 2.05) is 6.07 Å². The van der Waals surface area contributed by atoms with Crippen molar-refractivity contribution in [1.82, 2.24) is 0 Å². The third kappa shape index (κ3) is 3.35. The Morgan fingerprint density at radius 2 is 2.10 bits per heavy atom. The average molecular weight is 336 g/mol. The maximum Gasteiger partial charge on any atom is 0.133 e. The summed E-state index contributed by atoms with van der Waals surface area (Å²) >= 11 is 3.52. The Kier molecular flexibility index (Phi) is 5.10. The van der Waals surface area contributed by atoms with Crippen LogP contribution < -0.4 is 4.74 Å². The first kappa shape index (κ1) is 15.4. The molecule has 0 radical (unpaired) electrons. The van der Waals surface area contributed by atoms with Crippen molar-refractivity contribution in [2.75, 3.05) is 7.11 Å². The van der Waals surface area contributed by atoms with Crippen LogP contribution in [0.5, 0.6) is 5.75 Å². The highest BCUT2D eigenvalue weighted by Crippen LogP contribution is 2.42. The number of hydrogen-bond donors (Lipinski definition) is 0. The molecule has 0 aliphatic heterocycles. The fourth-order valence-electron chi connectivity index (χ4n) is 3.18. The van der Waals surface area contributed by atoms with Crippen molar-refractivity contribution < 1.29 is 4.74 Å². The minimum atomic E-state index is -0.167. The quantitative estimate of drug-likeness (QED) is 0.765. The van der Waals surface area contributed by atoms with Crippen LogP contribution in [0.2, 0.25) is 0 Å². The summed E-state index contributed by atoms with van der Waals surface area (Å²) in [6.45, 7) is 2.25. The summed E-state index contributed by atoms with van der Waals surface area (Å²) in [6.07, 6.45) is 6.55. The molecule has 0 spiro atoms. The first-order chi connectivity index (χ1) is 9.62. The van der Waals surface area contributed by atoms with Gasteiger partial charge in [-0.3, -0.25) is 0 Å². The van der Waals surface area contributed by atoms with Crippen molar-refractivity contribution in [3.05, 3.63) is 28.2 Å². The maximum atomic E-state index is 9.65. The molecule has 0 heterocycles. The molecular weight excluding hydrogens is 314 g/mol. The van der Waals surface area contributed by atoms with Gasteiger partial charge in [-0.25, -0.2) is 0 Å². The lowest BCUT2D eigenvalue weighted by molar-refractivity contribution is 0.205. The number of hydrogen-bond acceptors (Lipinski definition) is 2. The van der Waals surface area contributed by atoms with Gasteiger partial charge < -0.3 is 4.74 Å². The number of benzene rings is 1. The lowest BCUT2D eigenvalue weighted by Gasteiger charge is -2.34. The second-order valence-electron chi connectivity index (χ2n) is 5.89. The van der Waals surface area contributed by atoms with E-state index in [4.69, 9.17) is 4.74 Å². The van der Waals surface area contributed by atoms with E-state index >= 15 is 0 Å². The predicted octanol–water partition coefficient (Wildman–Crippen LogP) is 5.11. The van der Waals surface area contributed by atoms with Crippen LogP contribution in [-0.2, 0) is 6.42 Å². The zero-order chi connectivity index (χ0) is 14.6. The van der Waals surface area contributed by atoms with Crippen molar-refractivity contribution in [1.29, 1.82) is 5.26 Å². The number of nitrogens with zero attached hydrogens (tertiary/aromatic N) is 1. The van der Waals surface area contributed by atoms with Gasteiger partial charge >= 0.3 is 0 Å². The molecule has 0 bridgehead atoms. The summed E-state index contributed by atoms with van der Waals surface area (Å²) < 4.78 is 6.22. The number of rotatable bonds is 4. The topological polar surface area (TPSA) is 33.0 Å². The molecule has 2 nitrogen and oxygen atoms in total. The molecule has 1 fully saturated rings. The highest BCUT2D eigenvalue weighted by Gasteiger charge is 2.35. The summed E-state index contributed by atoms with van der Waals surface area (Å²) in [7, 11) is 1.67. The second kappa shape index (κ2) is 6.63. The van der Waals surface area contributed by atoms with Gasteiger partial charge in [-0.15, -0.1) is 0 Å². The number of nitriles is 1. The van der Waals surface area contributed by atoms with Crippen LogP contribution in [0.25, 0.3) is 0 Å². The molecule has 1 aromatic rings. The molecular formula is C17H22BrNO. The highest BCUT2D eigenvalue weighted by molar-refractivity contribution is 9.10. The molecule has 3 heteroatoms. The van der Waals surface area contributed by atoms with Crippen LogP contribution in [-0.4, -0.2) is 7.11 Å². The largest absolute Gasteiger partial charge is 0.496 e. The maximum absolute atomic E-state index is 9.65. The van der Waals surface area contributed by atoms with Crippen molar-refractivity contribution in [2.24, 2.45) is 11.3 Å². The van der Waals surface area contributed by atoms with Crippen LogP contribution in [0.4, 0.5) is 0 Å². The van der Waals surface area contributed by atoms with Crippen LogP contribution in [0.1, 0.15) is 44.6 Å². The van der Waals surface area contributed by atoms with Crippen LogP contribution in [0.15, 0.2) is 22.7 Å². The molecule has 20 heavy (non-hydrogen) atoms. The van der Waals surface area contributed by atoms with Gasteiger partial charge in [0, 0.05) is 0 Å². The third-order valence-corrected chi connectivity index (χ3v) is 5.26. The Hall–Kier alpha value is -1.01. The molecule has 0 aromatic heterocycles. The number of halogens is 1. The normalized spacial score (nSPS) is 26.0. The van der Waals surface area contributed by atoms with Gasteiger partial charge in [0.2, 0.25) is 0 Å². The molecule has 0 atom stereocenters. The van der Waals surface area contributed by atoms with Crippen LogP contribution in [0.3, 0.4) is 0 Å². The molecule has 0 amide bonds. The molecule has 108 valence electrons. The first-order valence-electron chi connectivity index (χ1n) is 7.36. The minimum Gasteiger partial charge on any atom is -0.496 e. The Morgan fingerprint density at radius 1 is 1.40 bits per heavy atom. The fraction of sp³-hybridized carbons (Fsp3) is 0.588. The van der Waals surface area contributed by atoms with Gasteiger partial charge in [-0.05, 0) is 71.6 Å². The van der Waals surface area contributed by atoms with Gasteiger partial charge in [0.15, 0.2) is 0 Å². The SMILES string of the molecule is CCC1CCC(C#N)(Cc2ccc(OC)c(Br)c2)CC1.